The summed E-state index contributed by atoms with van der Waals surface area (Å²) in [5, 5.41) is 3.45. The first-order valence-electron chi connectivity index (χ1n) is 7.43. The summed E-state index contributed by atoms with van der Waals surface area (Å²) < 4.78 is 43.3. The third-order valence-corrected chi connectivity index (χ3v) is 4.15. The Kier molecular flexibility index (Phi) is 5.27. The summed E-state index contributed by atoms with van der Waals surface area (Å²) in [6.07, 6.45) is -2.35. The molecule has 1 saturated heterocycles. The van der Waals surface area contributed by atoms with Gasteiger partial charge in [0.05, 0.1) is 11.7 Å². The van der Waals surface area contributed by atoms with Crippen molar-refractivity contribution < 1.29 is 17.9 Å². The monoisotopic (exact) mass is 301 g/mol. The summed E-state index contributed by atoms with van der Waals surface area (Å²) in [6.45, 7) is 5.71. The molecule has 0 spiro atoms. The summed E-state index contributed by atoms with van der Waals surface area (Å²) in [7, 11) is 0. The topological polar surface area (TPSA) is 21.3 Å². The fourth-order valence-corrected chi connectivity index (χ4v) is 3.00. The molecule has 1 aromatic rings. The molecule has 3 unspecified atom stereocenters. The number of rotatable bonds is 5. The number of likely N-dealkylation sites (N-methyl/N-ethyl adjacent to an activating group) is 1. The van der Waals surface area contributed by atoms with Crippen molar-refractivity contribution in [3.8, 4) is 0 Å². The van der Waals surface area contributed by atoms with Crippen LogP contribution in [0.3, 0.4) is 0 Å². The lowest BCUT2D eigenvalue weighted by atomic mass is 9.88. The maximum atomic E-state index is 12.6. The molecule has 5 heteroatoms. The Morgan fingerprint density at radius 2 is 1.95 bits per heavy atom. The lowest BCUT2D eigenvalue weighted by Crippen LogP contribution is -2.40. The lowest BCUT2D eigenvalue weighted by molar-refractivity contribution is -0.137. The van der Waals surface area contributed by atoms with E-state index in [9.17, 15) is 13.2 Å². The zero-order valence-electron chi connectivity index (χ0n) is 12.4. The van der Waals surface area contributed by atoms with E-state index in [0.717, 1.165) is 43.7 Å². The van der Waals surface area contributed by atoms with Crippen LogP contribution in [0.25, 0.3) is 0 Å². The van der Waals surface area contributed by atoms with Crippen LogP contribution in [0.4, 0.5) is 13.2 Å². The van der Waals surface area contributed by atoms with Crippen LogP contribution in [-0.4, -0.2) is 25.3 Å². The number of hydrogen-bond acceptors (Lipinski definition) is 2. The molecule has 1 heterocycles. The number of nitrogens with one attached hydrogen (secondary N) is 1. The van der Waals surface area contributed by atoms with Crippen LogP contribution >= 0.6 is 0 Å². The molecule has 2 nitrogen and oxygen atoms in total. The van der Waals surface area contributed by atoms with Gasteiger partial charge in [-0.3, -0.25) is 0 Å². The molecule has 2 rings (SSSR count). The summed E-state index contributed by atoms with van der Waals surface area (Å²) in [5.41, 5.74) is 0.330. The van der Waals surface area contributed by atoms with Crippen molar-refractivity contribution in [2.75, 3.05) is 13.2 Å². The molecule has 1 aliphatic heterocycles. The molecule has 0 amide bonds. The highest BCUT2D eigenvalue weighted by atomic mass is 19.4. The predicted octanol–water partition coefficient (Wildman–Crippen LogP) is 3.65. The number of alkyl halides is 3. The minimum Gasteiger partial charge on any atom is -0.378 e. The van der Waals surface area contributed by atoms with E-state index in [1.165, 1.54) is 0 Å². The molecule has 1 N–H and O–H groups in total. The van der Waals surface area contributed by atoms with Gasteiger partial charge in [0.1, 0.15) is 0 Å². The van der Waals surface area contributed by atoms with Crippen LogP contribution in [0.15, 0.2) is 24.3 Å². The Morgan fingerprint density at radius 1 is 1.29 bits per heavy atom. The van der Waals surface area contributed by atoms with Crippen molar-refractivity contribution in [3.05, 3.63) is 35.4 Å². The molecular weight excluding hydrogens is 279 g/mol. The highest BCUT2D eigenvalue weighted by molar-refractivity contribution is 5.25. The zero-order chi connectivity index (χ0) is 15.5. The second-order valence-corrected chi connectivity index (χ2v) is 5.59. The van der Waals surface area contributed by atoms with E-state index in [4.69, 9.17) is 4.74 Å². The Hall–Kier alpha value is -1.07. The van der Waals surface area contributed by atoms with E-state index in [2.05, 4.69) is 12.2 Å². The van der Waals surface area contributed by atoms with Gasteiger partial charge in [-0.15, -0.1) is 0 Å². The summed E-state index contributed by atoms with van der Waals surface area (Å²) in [5.74, 6) is 0.409. The van der Waals surface area contributed by atoms with E-state index in [1.54, 1.807) is 12.1 Å². The Balaban J connectivity index is 2.06. The fraction of sp³-hybridized carbons (Fsp3) is 0.625. The van der Waals surface area contributed by atoms with Gasteiger partial charge in [0.25, 0.3) is 0 Å². The van der Waals surface area contributed by atoms with Crippen LogP contribution in [0.5, 0.6) is 0 Å². The molecular formula is C16H22F3NO. The second-order valence-electron chi connectivity index (χ2n) is 5.59. The molecule has 0 aliphatic carbocycles. The molecule has 1 fully saturated rings. The third kappa shape index (κ3) is 4.20. The minimum absolute atomic E-state index is 0.198. The average Bonchev–Trinajstić information content (AvgIpc) is 2.84. The highest BCUT2D eigenvalue weighted by Gasteiger charge is 2.32. The minimum atomic E-state index is -4.27. The normalized spacial score (nSPS) is 24.2. The summed E-state index contributed by atoms with van der Waals surface area (Å²) >= 11 is 0. The van der Waals surface area contributed by atoms with Crippen molar-refractivity contribution in [1.82, 2.24) is 5.32 Å². The van der Waals surface area contributed by atoms with Crippen LogP contribution in [0.1, 0.15) is 31.4 Å². The quantitative estimate of drug-likeness (QED) is 0.896. The zero-order valence-corrected chi connectivity index (χ0v) is 12.4. The van der Waals surface area contributed by atoms with Crippen LogP contribution < -0.4 is 5.32 Å². The van der Waals surface area contributed by atoms with Gasteiger partial charge in [-0.05, 0) is 44.0 Å². The maximum Gasteiger partial charge on any atom is 0.416 e. The molecule has 0 aromatic heterocycles. The van der Waals surface area contributed by atoms with Gasteiger partial charge in [-0.25, -0.2) is 0 Å². The van der Waals surface area contributed by atoms with Gasteiger partial charge in [0.2, 0.25) is 0 Å². The number of halogens is 3. The number of hydrogen-bond donors (Lipinski definition) is 1. The van der Waals surface area contributed by atoms with Gasteiger partial charge < -0.3 is 10.1 Å². The van der Waals surface area contributed by atoms with Gasteiger partial charge in [0.15, 0.2) is 0 Å². The summed E-state index contributed by atoms with van der Waals surface area (Å²) in [4.78, 5) is 0. The van der Waals surface area contributed by atoms with Gasteiger partial charge in [-0.2, -0.15) is 13.2 Å². The second kappa shape index (κ2) is 6.79. The van der Waals surface area contributed by atoms with Crippen molar-refractivity contribution in [1.29, 1.82) is 0 Å². The van der Waals surface area contributed by atoms with Crippen LogP contribution in [-0.2, 0) is 17.3 Å². The Bertz CT molecular complexity index is 444. The van der Waals surface area contributed by atoms with E-state index in [0.29, 0.717) is 5.92 Å². The summed E-state index contributed by atoms with van der Waals surface area (Å²) in [6, 6.07) is 5.71. The number of ether oxygens (including phenoxy) is 1. The molecule has 3 atom stereocenters. The molecule has 0 bridgehead atoms. The first kappa shape index (κ1) is 16.3. The van der Waals surface area contributed by atoms with Crippen LogP contribution in [0.2, 0.25) is 0 Å². The van der Waals surface area contributed by atoms with E-state index in [-0.39, 0.29) is 12.1 Å². The molecule has 1 aliphatic rings. The smallest absolute Gasteiger partial charge is 0.378 e. The van der Waals surface area contributed by atoms with Gasteiger partial charge >= 0.3 is 6.18 Å². The largest absolute Gasteiger partial charge is 0.416 e. The van der Waals surface area contributed by atoms with Crippen LogP contribution in [0, 0.1) is 5.92 Å². The van der Waals surface area contributed by atoms with E-state index in [1.807, 2.05) is 6.92 Å². The maximum absolute atomic E-state index is 12.6. The third-order valence-electron chi connectivity index (χ3n) is 4.15. The predicted molar refractivity (Wildman–Crippen MR) is 76.1 cm³/mol. The van der Waals surface area contributed by atoms with Crippen molar-refractivity contribution in [3.63, 3.8) is 0 Å². The van der Waals surface area contributed by atoms with Crippen molar-refractivity contribution in [2.24, 2.45) is 5.92 Å². The lowest BCUT2D eigenvalue weighted by Gasteiger charge is -2.27. The molecule has 0 saturated carbocycles. The molecule has 1 aromatic carbocycles. The van der Waals surface area contributed by atoms with Gasteiger partial charge in [0, 0.05) is 18.6 Å². The highest BCUT2D eigenvalue weighted by Crippen LogP contribution is 2.30. The van der Waals surface area contributed by atoms with Gasteiger partial charge in [-0.1, -0.05) is 19.1 Å². The number of benzene rings is 1. The van der Waals surface area contributed by atoms with E-state index < -0.39 is 11.7 Å². The van der Waals surface area contributed by atoms with E-state index >= 15 is 0 Å². The Labute approximate surface area is 123 Å². The fourth-order valence-electron chi connectivity index (χ4n) is 3.00. The first-order chi connectivity index (χ1) is 9.91. The molecule has 0 radical (unpaired) electrons. The Morgan fingerprint density at radius 3 is 2.43 bits per heavy atom. The first-order valence-corrected chi connectivity index (χ1v) is 7.43. The van der Waals surface area contributed by atoms with Crippen molar-refractivity contribution in [2.45, 2.75) is 45.0 Å². The SMILES string of the molecule is CCNC(Cc1ccc(C(F)(F)F)cc1)C1CCOC1C. The molecule has 118 valence electrons. The molecule has 21 heavy (non-hydrogen) atoms. The standard InChI is InChI=1S/C16H22F3NO/c1-3-20-15(14-8-9-21-11(14)2)10-12-4-6-13(7-5-12)16(17,18)19/h4-7,11,14-15,20H,3,8-10H2,1-2H3. The average molecular weight is 301 g/mol. The van der Waals surface area contributed by atoms with Crippen molar-refractivity contribution >= 4 is 0 Å².